The zero-order valence-electron chi connectivity index (χ0n) is 12.7. The van der Waals surface area contributed by atoms with Crippen molar-refractivity contribution >= 4 is 8.32 Å². The van der Waals surface area contributed by atoms with Gasteiger partial charge in [0.05, 0.1) is 0 Å². The number of rotatable bonds is 7. The molecule has 0 aromatic carbocycles. The summed E-state index contributed by atoms with van der Waals surface area (Å²) in [5.41, 5.74) is 1.96. The summed E-state index contributed by atoms with van der Waals surface area (Å²) in [6.45, 7) is 16.9. The molecule has 0 aliphatic carbocycles. The Morgan fingerprint density at radius 1 is 0.941 bits per heavy atom. The lowest BCUT2D eigenvalue weighted by Gasteiger charge is -2.42. The Labute approximate surface area is 109 Å². The number of terminal acetylenes is 1. The largest absolute Gasteiger partial charge is 0.416 e. The fourth-order valence-corrected chi connectivity index (χ4v) is 8.62. The quantitative estimate of drug-likeness (QED) is 0.467. The van der Waals surface area contributed by atoms with Gasteiger partial charge in [0.1, 0.15) is 0 Å². The zero-order valence-corrected chi connectivity index (χ0v) is 13.7. The summed E-state index contributed by atoms with van der Waals surface area (Å²) in [6.07, 6.45) is 6.17. The van der Waals surface area contributed by atoms with Crippen molar-refractivity contribution < 1.29 is 4.43 Å². The molecule has 0 aromatic heterocycles. The predicted molar refractivity (Wildman–Crippen MR) is 79.6 cm³/mol. The third-order valence-electron chi connectivity index (χ3n) is 3.79. The van der Waals surface area contributed by atoms with Crippen LogP contribution in [0, 0.1) is 18.3 Å². The van der Waals surface area contributed by atoms with Crippen LogP contribution in [0.2, 0.25) is 16.6 Å². The first-order chi connectivity index (χ1) is 7.78. The molecule has 0 bridgehead atoms. The first-order valence-corrected chi connectivity index (χ1v) is 9.00. The maximum absolute atomic E-state index is 6.47. The molecule has 17 heavy (non-hydrogen) atoms. The van der Waals surface area contributed by atoms with Crippen molar-refractivity contribution in [3.63, 3.8) is 0 Å². The summed E-state index contributed by atoms with van der Waals surface area (Å²) in [5, 5.41) is 0. The van der Waals surface area contributed by atoms with E-state index in [1.807, 2.05) is 0 Å². The summed E-state index contributed by atoms with van der Waals surface area (Å²) in [5.74, 6) is 3.20. The normalized spacial score (nSPS) is 14.4. The molecule has 1 atom stereocenters. The molecule has 0 spiro atoms. The Kier molecular flexibility index (Phi) is 7.12. The summed E-state index contributed by atoms with van der Waals surface area (Å²) >= 11 is 0. The topological polar surface area (TPSA) is 9.23 Å². The molecule has 0 radical (unpaired) electrons. The van der Waals surface area contributed by atoms with Gasteiger partial charge in [-0.1, -0.05) is 48.5 Å². The molecule has 100 valence electrons. The fraction of sp³-hybridized carbons (Fsp3) is 0.867. The molecule has 0 aliphatic rings. The van der Waals surface area contributed by atoms with Gasteiger partial charge in [-0.25, -0.2) is 0 Å². The Morgan fingerprint density at radius 3 is 1.65 bits per heavy atom. The first kappa shape index (κ1) is 16.7. The summed E-state index contributed by atoms with van der Waals surface area (Å²) in [6, 6.07) is 0. The van der Waals surface area contributed by atoms with Gasteiger partial charge >= 0.3 is 0 Å². The maximum atomic E-state index is 6.47. The monoisotopic (exact) mass is 254 g/mol. The van der Waals surface area contributed by atoms with Gasteiger partial charge in [0, 0.05) is 13.0 Å². The lowest BCUT2D eigenvalue weighted by Crippen LogP contribution is -2.48. The Hall–Kier alpha value is -0.263. The smallest absolute Gasteiger partial charge is 0.200 e. The second-order valence-corrected chi connectivity index (χ2v) is 11.6. The number of hydrogen-bond donors (Lipinski definition) is 0. The van der Waals surface area contributed by atoms with E-state index in [1.165, 1.54) is 0 Å². The van der Waals surface area contributed by atoms with Crippen LogP contribution < -0.4 is 0 Å². The SMILES string of the molecule is C#CC[C@@H](C)CO[Si](C(C)C)(C(C)C)C(C)C. The minimum Gasteiger partial charge on any atom is -0.416 e. The van der Waals surface area contributed by atoms with Crippen molar-refractivity contribution in [2.45, 2.75) is 71.5 Å². The fourth-order valence-electron chi connectivity index (χ4n) is 3.05. The molecular formula is C15H30OSi. The zero-order chi connectivity index (χ0) is 13.6. The van der Waals surface area contributed by atoms with E-state index in [4.69, 9.17) is 10.8 Å². The van der Waals surface area contributed by atoms with E-state index >= 15 is 0 Å². The van der Waals surface area contributed by atoms with Crippen molar-refractivity contribution in [3.8, 4) is 12.3 Å². The van der Waals surface area contributed by atoms with Crippen LogP contribution in [0.5, 0.6) is 0 Å². The van der Waals surface area contributed by atoms with Crippen molar-refractivity contribution in [2.75, 3.05) is 6.61 Å². The molecule has 0 amide bonds. The Bertz CT molecular complexity index is 228. The molecule has 0 saturated heterocycles. The van der Waals surface area contributed by atoms with Crippen LogP contribution >= 0.6 is 0 Å². The molecule has 0 fully saturated rings. The molecule has 0 heterocycles. The van der Waals surface area contributed by atoms with Crippen LogP contribution in [-0.2, 0) is 4.43 Å². The van der Waals surface area contributed by atoms with Crippen molar-refractivity contribution in [1.29, 1.82) is 0 Å². The molecule has 0 saturated carbocycles. The van der Waals surface area contributed by atoms with E-state index in [-0.39, 0.29) is 0 Å². The minimum absolute atomic E-state index is 0.475. The average Bonchev–Trinajstić information content (AvgIpc) is 2.17. The van der Waals surface area contributed by atoms with Gasteiger partial charge in [-0.3, -0.25) is 0 Å². The molecule has 0 unspecified atom stereocenters. The lowest BCUT2D eigenvalue weighted by atomic mass is 10.1. The molecule has 2 heteroatoms. The Balaban J connectivity index is 4.77. The molecular weight excluding hydrogens is 224 g/mol. The van der Waals surface area contributed by atoms with Crippen molar-refractivity contribution in [3.05, 3.63) is 0 Å². The lowest BCUT2D eigenvalue weighted by molar-refractivity contribution is 0.232. The molecule has 0 aliphatic heterocycles. The number of hydrogen-bond acceptors (Lipinski definition) is 1. The second-order valence-electron chi connectivity index (χ2n) is 6.14. The van der Waals surface area contributed by atoms with Crippen molar-refractivity contribution in [2.24, 2.45) is 5.92 Å². The standard InChI is InChI=1S/C15H30OSi/c1-9-10-15(8)11-16-17(12(2)3,13(4)5)14(6)7/h1,12-15H,10-11H2,2-8H3/t15-/m1/s1. The first-order valence-electron chi connectivity index (χ1n) is 6.86. The summed E-state index contributed by atoms with van der Waals surface area (Å²) < 4.78 is 6.47. The van der Waals surface area contributed by atoms with E-state index in [9.17, 15) is 0 Å². The Morgan fingerprint density at radius 2 is 1.35 bits per heavy atom. The minimum atomic E-state index is -1.69. The molecule has 0 aromatic rings. The van der Waals surface area contributed by atoms with Gasteiger partial charge in [-0.2, -0.15) is 0 Å². The van der Waals surface area contributed by atoms with Gasteiger partial charge in [-0.05, 0) is 22.5 Å². The van der Waals surface area contributed by atoms with Gasteiger partial charge in [0.2, 0.25) is 0 Å². The van der Waals surface area contributed by atoms with Crippen molar-refractivity contribution in [1.82, 2.24) is 0 Å². The summed E-state index contributed by atoms with van der Waals surface area (Å²) in [4.78, 5) is 0. The van der Waals surface area contributed by atoms with E-state index < -0.39 is 8.32 Å². The maximum Gasteiger partial charge on any atom is 0.200 e. The van der Waals surface area contributed by atoms with Crippen LogP contribution in [0.15, 0.2) is 0 Å². The highest BCUT2D eigenvalue weighted by Gasteiger charge is 2.45. The van der Waals surface area contributed by atoms with Crippen LogP contribution in [-0.4, -0.2) is 14.9 Å². The third-order valence-corrected chi connectivity index (χ3v) is 9.87. The summed E-state index contributed by atoms with van der Waals surface area (Å²) in [7, 11) is -1.69. The van der Waals surface area contributed by atoms with Gasteiger partial charge in [0.15, 0.2) is 8.32 Å². The molecule has 0 N–H and O–H groups in total. The van der Waals surface area contributed by atoms with Crippen LogP contribution in [0.4, 0.5) is 0 Å². The van der Waals surface area contributed by atoms with E-state index in [2.05, 4.69) is 54.4 Å². The molecule has 1 nitrogen and oxygen atoms in total. The average molecular weight is 254 g/mol. The van der Waals surface area contributed by atoms with Crippen LogP contribution in [0.25, 0.3) is 0 Å². The van der Waals surface area contributed by atoms with Gasteiger partial charge in [0.25, 0.3) is 0 Å². The van der Waals surface area contributed by atoms with E-state index in [0.717, 1.165) is 13.0 Å². The second kappa shape index (κ2) is 7.23. The van der Waals surface area contributed by atoms with Crippen LogP contribution in [0.3, 0.4) is 0 Å². The predicted octanol–water partition coefficient (Wildman–Crippen LogP) is 4.84. The third kappa shape index (κ3) is 4.15. The van der Waals surface area contributed by atoms with E-state index in [1.54, 1.807) is 0 Å². The van der Waals surface area contributed by atoms with Gasteiger partial charge in [-0.15, -0.1) is 12.3 Å². The van der Waals surface area contributed by atoms with Crippen LogP contribution in [0.1, 0.15) is 54.9 Å². The molecule has 0 rings (SSSR count). The highest BCUT2D eigenvalue weighted by Crippen LogP contribution is 2.42. The highest BCUT2D eigenvalue weighted by atomic mass is 28.4. The van der Waals surface area contributed by atoms with Gasteiger partial charge < -0.3 is 4.43 Å². The highest BCUT2D eigenvalue weighted by molar-refractivity contribution is 6.77. The van der Waals surface area contributed by atoms with E-state index in [0.29, 0.717) is 22.5 Å².